The van der Waals surface area contributed by atoms with Crippen molar-refractivity contribution >= 4 is 21.6 Å². The highest BCUT2D eigenvalue weighted by atomic mass is 35.5. The van der Waals surface area contributed by atoms with Gasteiger partial charge in [-0.05, 0) is 24.6 Å². The summed E-state index contributed by atoms with van der Waals surface area (Å²) in [6.45, 7) is 1.23. The average Bonchev–Trinajstić information content (AvgIpc) is 2.37. The molecule has 0 spiro atoms. The van der Waals surface area contributed by atoms with Crippen LogP contribution in [0.4, 0.5) is 13.2 Å². The van der Waals surface area contributed by atoms with Gasteiger partial charge in [0.25, 0.3) is 0 Å². The summed E-state index contributed by atoms with van der Waals surface area (Å²) in [6, 6.07) is 2.44. The Kier molecular flexibility index (Phi) is 6.03. The smallest absolute Gasteiger partial charge is 0.395 e. The molecule has 1 aromatic rings. The molecule has 0 aliphatic carbocycles. The van der Waals surface area contributed by atoms with Gasteiger partial charge in [0, 0.05) is 13.1 Å². The van der Waals surface area contributed by atoms with E-state index < -0.39 is 38.3 Å². The van der Waals surface area contributed by atoms with Crippen LogP contribution in [0.3, 0.4) is 0 Å². The number of hydrogen-bond donors (Lipinski definition) is 1. The summed E-state index contributed by atoms with van der Waals surface area (Å²) < 4.78 is 63.9. The average molecular weight is 346 g/mol. The molecule has 0 unspecified atom stereocenters. The molecule has 0 bridgehead atoms. The van der Waals surface area contributed by atoms with Crippen LogP contribution in [0.15, 0.2) is 23.1 Å². The van der Waals surface area contributed by atoms with E-state index in [1.807, 2.05) is 0 Å². The summed E-state index contributed by atoms with van der Waals surface area (Å²) in [5.74, 6) is 0. The maximum absolute atomic E-state index is 12.8. The Morgan fingerprint density at radius 1 is 1.29 bits per heavy atom. The fraction of sp³-hybridized carbons (Fsp3) is 0.500. The first-order valence-corrected chi connectivity index (χ1v) is 7.94. The molecule has 120 valence electrons. The highest BCUT2D eigenvalue weighted by Gasteiger charge is 2.35. The third-order valence-corrected chi connectivity index (χ3v) is 4.93. The lowest BCUT2D eigenvalue weighted by molar-refractivity contribution is -0.137. The molecule has 4 nitrogen and oxygen atoms in total. The number of rotatable bonds is 6. The van der Waals surface area contributed by atoms with Crippen molar-refractivity contribution in [3.05, 3.63) is 28.8 Å². The molecule has 0 saturated carbocycles. The van der Waals surface area contributed by atoms with Crippen LogP contribution in [0.2, 0.25) is 5.02 Å². The quantitative estimate of drug-likeness (QED) is 0.862. The summed E-state index contributed by atoms with van der Waals surface area (Å²) in [5.41, 5.74) is -1.20. The van der Waals surface area contributed by atoms with Gasteiger partial charge in [0.2, 0.25) is 10.0 Å². The molecule has 1 N–H and O–H groups in total. The number of aliphatic hydroxyl groups is 1. The van der Waals surface area contributed by atoms with E-state index in [4.69, 9.17) is 16.7 Å². The maximum Gasteiger partial charge on any atom is 0.417 e. The monoisotopic (exact) mass is 345 g/mol. The van der Waals surface area contributed by atoms with Gasteiger partial charge in [-0.25, -0.2) is 8.42 Å². The predicted molar refractivity (Wildman–Crippen MR) is 72.6 cm³/mol. The summed E-state index contributed by atoms with van der Waals surface area (Å²) in [5, 5.41) is 8.33. The van der Waals surface area contributed by atoms with Gasteiger partial charge < -0.3 is 5.11 Å². The zero-order valence-corrected chi connectivity index (χ0v) is 12.8. The van der Waals surface area contributed by atoms with Gasteiger partial charge in [0.05, 0.1) is 22.1 Å². The Labute approximate surface area is 126 Å². The fourth-order valence-corrected chi connectivity index (χ4v) is 3.52. The van der Waals surface area contributed by atoms with Crippen LogP contribution in [0.1, 0.15) is 18.9 Å². The lowest BCUT2D eigenvalue weighted by Gasteiger charge is -2.21. The van der Waals surface area contributed by atoms with Crippen molar-refractivity contribution in [2.75, 3.05) is 19.7 Å². The number of nitrogens with zero attached hydrogens (tertiary/aromatic N) is 1. The number of sulfonamides is 1. The van der Waals surface area contributed by atoms with Gasteiger partial charge in [-0.2, -0.15) is 17.5 Å². The Morgan fingerprint density at radius 2 is 1.90 bits per heavy atom. The van der Waals surface area contributed by atoms with E-state index in [9.17, 15) is 21.6 Å². The van der Waals surface area contributed by atoms with Crippen molar-refractivity contribution in [2.24, 2.45) is 0 Å². The van der Waals surface area contributed by atoms with E-state index >= 15 is 0 Å². The molecule has 21 heavy (non-hydrogen) atoms. The van der Waals surface area contributed by atoms with Gasteiger partial charge in [0.15, 0.2) is 0 Å². The Bertz CT molecular complexity index is 584. The fourth-order valence-electron chi connectivity index (χ4n) is 1.74. The molecular formula is C12H15ClF3NO3S. The summed E-state index contributed by atoms with van der Waals surface area (Å²) in [4.78, 5) is -0.499. The highest BCUT2D eigenvalue weighted by molar-refractivity contribution is 7.89. The summed E-state index contributed by atoms with van der Waals surface area (Å²) >= 11 is 5.46. The molecule has 1 aromatic carbocycles. The maximum atomic E-state index is 12.8. The third kappa shape index (κ3) is 4.32. The minimum atomic E-state index is -4.74. The standard InChI is InChI=1S/C12H15ClF3NO3S/c1-2-5-17(6-7-18)21(19,20)9-3-4-11(13)10(8-9)12(14,15)16/h3-4,8,18H,2,5-7H2,1H3. The van der Waals surface area contributed by atoms with E-state index in [0.717, 1.165) is 16.4 Å². The number of benzene rings is 1. The van der Waals surface area contributed by atoms with Gasteiger partial charge in [-0.1, -0.05) is 18.5 Å². The molecule has 0 atom stereocenters. The first-order valence-electron chi connectivity index (χ1n) is 6.12. The van der Waals surface area contributed by atoms with Crippen LogP contribution in [-0.4, -0.2) is 37.5 Å². The lowest BCUT2D eigenvalue weighted by atomic mass is 10.2. The summed E-state index contributed by atoms with van der Waals surface area (Å²) in [7, 11) is -4.11. The molecule has 0 aliphatic rings. The molecule has 0 fully saturated rings. The normalized spacial score (nSPS) is 12.9. The largest absolute Gasteiger partial charge is 0.417 e. The van der Waals surface area contributed by atoms with Crippen LogP contribution in [-0.2, 0) is 16.2 Å². The van der Waals surface area contributed by atoms with Crippen LogP contribution in [0, 0.1) is 0 Å². The number of hydrogen-bond acceptors (Lipinski definition) is 3. The summed E-state index contributed by atoms with van der Waals surface area (Å²) in [6.07, 6.45) is -4.27. The van der Waals surface area contributed by atoms with Gasteiger partial charge >= 0.3 is 6.18 Å². The van der Waals surface area contributed by atoms with Crippen molar-refractivity contribution in [1.29, 1.82) is 0 Å². The minimum Gasteiger partial charge on any atom is -0.395 e. The second-order valence-corrected chi connectivity index (χ2v) is 6.61. The minimum absolute atomic E-state index is 0.104. The van der Waals surface area contributed by atoms with Crippen LogP contribution >= 0.6 is 11.6 Å². The molecule has 0 saturated heterocycles. The van der Waals surface area contributed by atoms with Crippen molar-refractivity contribution < 1.29 is 26.7 Å². The molecular weight excluding hydrogens is 331 g/mol. The molecule has 0 aromatic heterocycles. The predicted octanol–water partition coefficient (Wildman–Crippen LogP) is 2.75. The molecule has 0 aliphatic heterocycles. The van der Waals surface area contributed by atoms with Crippen LogP contribution in [0.5, 0.6) is 0 Å². The van der Waals surface area contributed by atoms with Gasteiger partial charge in [-0.3, -0.25) is 0 Å². The van der Waals surface area contributed by atoms with E-state index in [-0.39, 0.29) is 13.1 Å². The third-order valence-electron chi connectivity index (χ3n) is 2.70. The first kappa shape index (κ1) is 18.2. The molecule has 0 radical (unpaired) electrons. The zero-order chi connectivity index (χ0) is 16.3. The second-order valence-electron chi connectivity index (χ2n) is 4.27. The molecule has 0 heterocycles. The van der Waals surface area contributed by atoms with E-state index in [1.54, 1.807) is 6.92 Å². The lowest BCUT2D eigenvalue weighted by Crippen LogP contribution is -2.34. The second kappa shape index (κ2) is 6.95. The molecule has 1 rings (SSSR count). The number of aliphatic hydroxyl groups excluding tert-OH is 1. The molecule has 0 amide bonds. The van der Waals surface area contributed by atoms with Gasteiger partial charge in [0.1, 0.15) is 0 Å². The van der Waals surface area contributed by atoms with E-state index in [0.29, 0.717) is 12.5 Å². The Morgan fingerprint density at radius 3 is 2.38 bits per heavy atom. The van der Waals surface area contributed by atoms with E-state index in [1.165, 1.54) is 0 Å². The van der Waals surface area contributed by atoms with Crippen molar-refractivity contribution in [3.8, 4) is 0 Å². The van der Waals surface area contributed by atoms with Crippen molar-refractivity contribution in [3.63, 3.8) is 0 Å². The SMILES string of the molecule is CCCN(CCO)S(=O)(=O)c1ccc(Cl)c(C(F)(F)F)c1. The molecule has 9 heteroatoms. The number of alkyl halides is 3. The van der Waals surface area contributed by atoms with Crippen LogP contribution in [0.25, 0.3) is 0 Å². The van der Waals surface area contributed by atoms with Gasteiger partial charge in [-0.15, -0.1) is 0 Å². The topological polar surface area (TPSA) is 57.6 Å². The number of halogens is 4. The van der Waals surface area contributed by atoms with E-state index in [2.05, 4.69) is 0 Å². The van der Waals surface area contributed by atoms with Crippen molar-refractivity contribution in [2.45, 2.75) is 24.4 Å². The van der Waals surface area contributed by atoms with Crippen LogP contribution < -0.4 is 0 Å². The highest BCUT2D eigenvalue weighted by Crippen LogP contribution is 2.36. The first-order chi connectivity index (χ1) is 9.64. The zero-order valence-electron chi connectivity index (χ0n) is 11.2. The van der Waals surface area contributed by atoms with Crippen molar-refractivity contribution in [1.82, 2.24) is 4.31 Å². The Hall–Kier alpha value is -0.830. The Balaban J connectivity index is 3.31.